The van der Waals surface area contributed by atoms with Gasteiger partial charge in [-0.1, -0.05) is 56.0 Å². The van der Waals surface area contributed by atoms with E-state index in [2.05, 4.69) is 15.5 Å². The number of carbonyl (C=O) groups is 3. The van der Waals surface area contributed by atoms with Crippen LogP contribution in [-0.4, -0.2) is 64.7 Å². The summed E-state index contributed by atoms with van der Waals surface area (Å²) in [6.45, 7) is 1.95. The number of hydrogen-bond acceptors (Lipinski definition) is 6. The fourth-order valence-corrected chi connectivity index (χ4v) is 6.67. The molecule has 2 bridgehead atoms. The Kier molecular flexibility index (Phi) is 7.94. The number of nitrogens with zero attached hydrogens (tertiary/aromatic N) is 3. The summed E-state index contributed by atoms with van der Waals surface area (Å²) in [6.07, 6.45) is 2.26. The number of halogens is 3. The molecule has 214 valence electrons. The van der Waals surface area contributed by atoms with E-state index in [1.165, 1.54) is 0 Å². The second-order valence-electron chi connectivity index (χ2n) is 11.5. The van der Waals surface area contributed by atoms with Gasteiger partial charge in [0, 0.05) is 18.8 Å². The first-order valence-electron chi connectivity index (χ1n) is 14.0. The minimum absolute atomic E-state index is 0.00437. The first-order valence-corrected chi connectivity index (χ1v) is 14.0. The van der Waals surface area contributed by atoms with Gasteiger partial charge in [-0.15, -0.1) is 10.2 Å². The maximum absolute atomic E-state index is 13.9. The highest BCUT2D eigenvalue weighted by atomic mass is 19.4. The number of hydrogen-bond donors (Lipinski definition) is 1. The number of benzene rings is 1. The molecule has 1 N–H and O–H groups in total. The van der Waals surface area contributed by atoms with Crippen LogP contribution in [0.3, 0.4) is 0 Å². The van der Waals surface area contributed by atoms with Crippen molar-refractivity contribution in [1.82, 2.24) is 15.5 Å². The molecule has 11 heteroatoms. The topological polar surface area (TPSA) is 98.2 Å². The maximum Gasteiger partial charge on any atom is 0.435 e. The van der Waals surface area contributed by atoms with Crippen molar-refractivity contribution >= 4 is 17.8 Å². The summed E-state index contributed by atoms with van der Waals surface area (Å²) in [5.41, 5.74) is -1.26. The van der Waals surface area contributed by atoms with Crippen LogP contribution in [0.5, 0.6) is 0 Å². The third-order valence-electron chi connectivity index (χ3n) is 8.89. The lowest BCUT2D eigenvalue weighted by Crippen LogP contribution is -2.67. The Labute approximate surface area is 230 Å². The normalized spacial score (nSPS) is 26.0. The summed E-state index contributed by atoms with van der Waals surface area (Å²) in [7, 11) is 0. The molecule has 0 radical (unpaired) electrons. The van der Waals surface area contributed by atoms with E-state index in [-0.39, 0.29) is 30.2 Å². The predicted octanol–water partition coefficient (Wildman–Crippen LogP) is 4.20. The fraction of sp³-hybridized carbons (Fsp3) is 0.552. The first-order chi connectivity index (χ1) is 19.1. The third-order valence-corrected chi connectivity index (χ3v) is 8.89. The molecule has 1 aromatic carbocycles. The highest BCUT2D eigenvalue weighted by Crippen LogP contribution is 2.42. The summed E-state index contributed by atoms with van der Waals surface area (Å²) in [4.78, 5) is 39.2. The van der Waals surface area contributed by atoms with Crippen molar-refractivity contribution in [2.24, 2.45) is 5.92 Å². The van der Waals surface area contributed by atoms with Gasteiger partial charge in [0.25, 0.3) is 11.8 Å². The lowest BCUT2D eigenvalue weighted by atomic mass is 9.74. The van der Waals surface area contributed by atoms with E-state index < -0.39 is 29.1 Å². The Morgan fingerprint density at radius 2 is 1.62 bits per heavy atom. The molecular formula is C29H34F3N4O4+. The van der Waals surface area contributed by atoms with Gasteiger partial charge >= 0.3 is 12.1 Å². The van der Waals surface area contributed by atoms with Gasteiger partial charge in [-0.2, -0.15) is 13.2 Å². The molecule has 6 rings (SSSR count). The molecule has 2 aromatic rings. The van der Waals surface area contributed by atoms with Gasteiger partial charge < -0.3 is 9.22 Å². The van der Waals surface area contributed by atoms with Gasteiger partial charge in [0.15, 0.2) is 24.0 Å². The number of rotatable bonds is 6. The van der Waals surface area contributed by atoms with Crippen molar-refractivity contribution in [2.75, 3.05) is 26.2 Å². The molecule has 3 saturated heterocycles. The number of piperidine rings is 3. The van der Waals surface area contributed by atoms with Crippen LogP contribution in [-0.2, 0) is 25.9 Å². The van der Waals surface area contributed by atoms with Gasteiger partial charge in [-0.25, -0.2) is 0 Å². The zero-order valence-electron chi connectivity index (χ0n) is 22.3. The van der Waals surface area contributed by atoms with Crippen molar-refractivity contribution in [3.63, 3.8) is 0 Å². The van der Waals surface area contributed by atoms with Gasteiger partial charge in [0.05, 0.1) is 18.5 Å². The van der Waals surface area contributed by atoms with E-state index in [1.807, 2.05) is 30.3 Å². The average Bonchev–Trinajstić information content (AvgIpc) is 3.21. The summed E-state index contributed by atoms with van der Waals surface area (Å²) in [5, 5.41) is 8.60. The van der Waals surface area contributed by atoms with E-state index in [1.54, 1.807) is 0 Å². The molecule has 1 atom stereocenters. The number of amides is 2. The number of fused-ring (bicyclic) bond motifs is 3. The van der Waals surface area contributed by atoms with Crippen LogP contribution in [0.25, 0.3) is 0 Å². The molecule has 1 aromatic heterocycles. The molecule has 3 aliphatic heterocycles. The van der Waals surface area contributed by atoms with Crippen molar-refractivity contribution < 1.29 is 36.8 Å². The number of esters is 1. The number of carbonyl (C=O) groups excluding carboxylic acids is 3. The zero-order chi connectivity index (χ0) is 28.4. The number of ether oxygens (including phenoxy) is 1. The summed E-state index contributed by atoms with van der Waals surface area (Å²) < 4.78 is 44.9. The molecule has 4 aliphatic rings. The van der Waals surface area contributed by atoms with Crippen molar-refractivity contribution in [3.05, 3.63) is 59.4 Å². The third kappa shape index (κ3) is 5.89. The van der Waals surface area contributed by atoms with Crippen LogP contribution in [0.4, 0.5) is 13.2 Å². The molecule has 0 unspecified atom stereocenters. The van der Waals surface area contributed by atoms with Crippen LogP contribution in [0.1, 0.15) is 73.1 Å². The lowest BCUT2D eigenvalue weighted by Gasteiger charge is -2.52. The highest BCUT2D eigenvalue weighted by Gasteiger charge is 2.51. The monoisotopic (exact) mass is 559 g/mol. The van der Waals surface area contributed by atoms with E-state index in [4.69, 9.17) is 4.74 Å². The minimum atomic E-state index is -4.68. The summed E-state index contributed by atoms with van der Waals surface area (Å²) in [5.74, 6) is -1.41. The van der Waals surface area contributed by atoms with Crippen molar-refractivity contribution in [3.8, 4) is 0 Å². The SMILES string of the molecule is O=C(C[N+]12CCC(CC1)[C@@H](OC(=O)C1(c3ccccc3)CCCCCC1)C2)NC(=O)c1ccc(C(F)(F)F)nn1. The Morgan fingerprint density at radius 1 is 0.950 bits per heavy atom. The van der Waals surface area contributed by atoms with Crippen LogP contribution >= 0.6 is 0 Å². The minimum Gasteiger partial charge on any atom is -0.455 e. The highest BCUT2D eigenvalue weighted by molar-refractivity contribution is 6.03. The summed E-state index contributed by atoms with van der Waals surface area (Å²) >= 11 is 0. The quantitative estimate of drug-likeness (QED) is 0.324. The number of alkyl halides is 3. The fourth-order valence-electron chi connectivity index (χ4n) is 6.67. The van der Waals surface area contributed by atoms with E-state index in [0.717, 1.165) is 76.1 Å². The molecular weight excluding hydrogens is 525 g/mol. The number of aromatic nitrogens is 2. The first kappa shape index (κ1) is 28.2. The number of imide groups is 1. The smallest absolute Gasteiger partial charge is 0.435 e. The molecule has 8 nitrogen and oxygen atoms in total. The molecule has 4 fully saturated rings. The summed E-state index contributed by atoms with van der Waals surface area (Å²) in [6, 6.07) is 11.4. The Morgan fingerprint density at radius 3 is 2.23 bits per heavy atom. The van der Waals surface area contributed by atoms with Crippen LogP contribution < -0.4 is 5.32 Å². The lowest BCUT2D eigenvalue weighted by molar-refractivity contribution is -0.939. The van der Waals surface area contributed by atoms with Crippen molar-refractivity contribution in [2.45, 2.75) is 69.1 Å². The Hall–Kier alpha value is -3.34. The van der Waals surface area contributed by atoms with Gasteiger partial charge in [-0.05, 0) is 30.5 Å². The van der Waals surface area contributed by atoms with E-state index >= 15 is 0 Å². The molecule has 2 amide bonds. The predicted molar refractivity (Wildman–Crippen MR) is 138 cm³/mol. The molecule has 1 aliphatic carbocycles. The van der Waals surface area contributed by atoms with Gasteiger partial charge in [-0.3, -0.25) is 19.7 Å². The number of quaternary nitrogens is 1. The van der Waals surface area contributed by atoms with Gasteiger partial charge in [0.1, 0.15) is 6.54 Å². The second-order valence-corrected chi connectivity index (χ2v) is 11.5. The van der Waals surface area contributed by atoms with E-state index in [0.29, 0.717) is 17.1 Å². The maximum atomic E-state index is 13.9. The van der Waals surface area contributed by atoms with Crippen LogP contribution in [0, 0.1) is 5.92 Å². The largest absolute Gasteiger partial charge is 0.455 e. The average molecular weight is 560 g/mol. The second kappa shape index (κ2) is 11.3. The molecule has 4 heterocycles. The molecule has 40 heavy (non-hydrogen) atoms. The standard InChI is InChI=1S/C29H33F3N4O4/c30-29(31,32)24-11-10-22(34-35-24)26(38)33-25(37)19-36-16-12-20(13-17-36)23(18-36)40-27(39)28(14-6-1-2-7-15-28)21-8-4-3-5-9-21/h3-5,8-11,20,23H,1-2,6-7,12-19H2/p+1/t20?,23-,36?/m0/s1. The van der Waals surface area contributed by atoms with Crippen LogP contribution in [0.15, 0.2) is 42.5 Å². The van der Waals surface area contributed by atoms with Crippen LogP contribution in [0.2, 0.25) is 0 Å². The van der Waals surface area contributed by atoms with E-state index in [9.17, 15) is 27.6 Å². The molecule has 1 saturated carbocycles. The van der Waals surface area contributed by atoms with Crippen molar-refractivity contribution in [1.29, 1.82) is 0 Å². The Bertz CT molecular complexity index is 1220. The molecule has 0 spiro atoms. The zero-order valence-corrected chi connectivity index (χ0v) is 22.3. The van der Waals surface area contributed by atoms with Gasteiger partial charge in [0.2, 0.25) is 0 Å². The number of nitrogens with one attached hydrogen (secondary N) is 1. The Balaban J connectivity index is 1.24.